The molecule has 1 aliphatic heterocycles. The van der Waals surface area contributed by atoms with Crippen LogP contribution in [0.4, 0.5) is 0 Å². The van der Waals surface area contributed by atoms with Gasteiger partial charge in [-0.3, -0.25) is 0 Å². The van der Waals surface area contributed by atoms with Crippen molar-refractivity contribution in [2.45, 2.75) is 18.5 Å². The third-order valence-electron chi connectivity index (χ3n) is 11.0. The number of rotatable bonds is 7. The SMILES string of the molecule is C1=CCC(N2C(c3ccc(-c4ccccc4)cc3)=CC2c2cccc(-c3ccc4ccc5nc(-c6ccccc6)cc(-c6ccccc6)c5c4c3)c2)C=C1. The molecule has 2 atom stereocenters. The monoisotopic (exact) mass is 690 g/mol. The summed E-state index contributed by atoms with van der Waals surface area (Å²) in [6, 6.07) is 64.1. The minimum Gasteiger partial charge on any atom is -0.354 e. The molecule has 10 rings (SSSR count). The Labute approximate surface area is 316 Å². The van der Waals surface area contributed by atoms with Crippen LogP contribution in [0.1, 0.15) is 23.6 Å². The van der Waals surface area contributed by atoms with Crippen molar-refractivity contribution >= 4 is 27.4 Å². The second-order valence-electron chi connectivity index (χ2n) is 14.3. The number of benzene rings is 7. The maximum Gasteiger partial charge on any atom is 0.0756 e. The van der Waals surface area contributed by atoms with Gasteiger partial charge in [0.15, 0.2) is 0 Å². The molecule has 1 aromatic heterocycles. The van der Waals surface area contributed by atoms with E-state index >= 15 is 0 Å². The molecule has 2 nitrogen and oxygen atoms in total. The van der Waals surface area contributed by atoms with E-state index < -0.39 is 0 Å². The van der Waals surface area contributed by atoms with Crippen LogP contribution >= 0.6 is 0 Å². The van der Waals surface area contributed by atoms with Gasteiger partial charge in [0.1, 0.15) is 0 Å². The first kappa shape index (κ1) is 31.9. The molecule has 2 unspecified atom stereocenters. The predicted molar refractivity (Wildman–Crippen MR) is 227 cm³/mol. The normalized spacial score (nSPS) is 16.4. The number of allylic oxidation sites excluding steroid dienone is 2. The van der Waals surface area contributed by atoms with Crippen molar-refractivity contribution in [2.24, 2.45) is 0 Å². The molecule has 8 aromatic rings. The molecule has 0 amide bonds. The van der Waals surface area contributed by atoms with Crippen molar-refractivity contribution in [3.63, 3.8) is 0 Å². The largest absolute Gasteiger partial charge is 0.354 e. The van der Waals surface area contributed by atoms with Gasteiger partial charge in [0.2, 0.25) is 0 Å². The fourth-order valence-electron chi connectivity index (χ4n) is 8.25. The standard InChI is InChI=1S/C52H38N2/c1-5-14-36(15-6-1)37-24-27-41(28-25-37)50-35-51(54(50)45-22-11-4-12-23-45)44-21-13-20-42(32-44)43-29-26-39-30-31-48-52(46(39)33-43)47(38-16-7-2-8-17-38)34-49(53-48)40-18-9-3-10-19-40/h1-22,24-35,45,51H,23H2. The summed E-state index contributed by atoms with van der Waals surface area (Å²) in [6.07, 6.45) is 12.4. The van der Waals surface area contributed by atoms with Crippen LogP contribution in [-0.4, -0.2) is 15.9 Å². The van der Waals surface area contributed by atoms with Crippen molar-refractivity contribution in [3.8, 4) is 44.6 Å². The molecule has 0 radical (unpaired) electrons. The molecular weight excluding hydrogens is 653 g/mol. The van der Waals surface area contributed by atoms with Crippen LogP contribution in [-0.2, 0) is 0 Å². The zero-order chi connectivity index (χ0) is 35.8. The zero-order valence-electron chi connectivity index (χ0n) is 29.9. The number of hydrogen-bond acceptors (Lipinski definition) is 2. The molecular formula is C52H38N2. The molecule has 0 N–H and O–H groups in total. The van der Waals surface area contributed by atoms with E-state index in [1.807, 2.05) is 0 Å². The Morgan fingerprint density at radius 1 is 0.500 bits per heavy atom. The fourth-order valence-corrected chi connectivity index (χ4v) is 8.25. The quantitative estimate of drug-likeness (QED) is 0.155. The number of hydrogen-bond donors (Lipinski definition) is 0. The Morgan fingerprint density at radius 3 is 1.87 bits per heavy atom. The van der Waals surface area contributed by atoms with Gasteiger partial charge < -0.3 is 4.90 Å². The van der Waals surface area contributed by atoms with Crippen LogP contribution < -0.4 is 0 Å². The molecule has 2 heteroatoms. The van der Waals surface area contributed by atoms with Gasteiger partial charge in [0.25, 0.3) is 0 Å². The average Bonchev–Trinajstić information content (AvgIpc) is 3.24. The number of fused-ring (bicyclic) bond motifs is 3. The summed E-state index contributed by atoms with van der Waals surface area (Å²) < 4.78 is 0. The molecule has 0 saturated heterocycles. The van der Waals surface area contributed by atoms with Crippen LogP contribution in [0.2, 0.25) is 0 Å². The van der Waals surface area contributed by atoms with Gasteiger partial charge in [-0.25, -0.2) is 4.98 Å². The van der Waals surface area contributed by atoms with Gasteiger partial charge in [0.05, 0.1) is 23.3 Å². The summed E-state index contributed by atoms with van der Waals surface area (Å²) in [6.45, 7) is 0. The summed E-state index contributed by atoms with van der Waals surface area (Å²) >= 11 is 0. The zero-order valence-corrected chi connectivity index (χ0v) is 29.9. The Morgan fingerprint density at radius 2 is 1.13 bits per heavy atom. The summed E-state index contributed by atoms with van der Waals surface area (Å²) in [5.74, 6) is 0. The minimum absolute atomic E-state index is 0.182. The van der Waals surface area contributed by atoms with Gasteiger partial charge in [0, 0.05) is 16.6 Å². The highest BCUT2D eigenvalue weighted by Crippen LogP contribution is 2.46. The molecule has 0 spiro atoms. The van der Waals surface area contributed by atoms with Crippen molar-refractivity contribution in [1.29, 1.82) is 0 Å². The fraction of sp³-hybridized carbons (Fsp3) is 0.0577. The topological polar surface area (TPSA) is 16.1 Å². The molecule has 2 heterocycles. The second kappa shape index (κ2) is 13.7. The van der Waals surface area contributed by atoms with Gasteiger partial charge in [-0.1, -0.05) is 176 Å². The summed E-state index contributed by atoms with van der Waals surface area (Å²) in [5, 5.41) is 3.61. The highest BCUT2D eigenvalue weighted by Gasteiger charge is 2.35. The highest BCUT2D eigenvalue weighted by molar-refractivity contribution is 6.14. The lowest BCUT2D eigenvalue weighted by atomic mass is 9.87. The van der Waals surface area contributed by atoms with Crippen LogP contribution in [0.25, 0.3) is 72.0 Å². The molecule has 7 aromatic carbocycles. The van der Waals surface area contributed by atoms with Crippen molar-refractivity contribution in [3.05, 3.63) is 217 Å². The molecule has 0 saturated carbocycles. The molecule has 54 heavy (non-hydrogen) atoms. The maximum absolute atomic E-state index is 5.22. The van der Waals surface area contributed by atoms with E-state index in [1.54, 1.807) is 0 Å². The van der Waals surface area contributed by atoms with Gasteiger partial charge in [-0.05, 0) is 92.0 Å². The molecule has 2 aliphatic rings. The number of pyridine rings is 1. The predicted octanol–water partition coefficient (Wildman–Crippen LogP) is 13.3. The smallest absolute Gasteiger partial charge is 0.0756 e. The van der Waals surface area contributed by atoms with Crippen LogP contribution in [0.3, 0.4) is 0 Å². The van der Waals surface area contributed by atoms with Crippen LogP contribution in [0.15, 0.2) is 206 Å². The van der Waals surface area contributed by atoms with Crippen LogP contribution in [0.5, 0.6) is 0 Å². The van der Waals surface area contributed by atoms with E-state index in [2.05, 4.69) is 211 Å². The lowest BCUT2D eigenvalue weighted by Gasteiger charge is -2.47. The van der Waals surface area contributed by atoms with Crippen molar-refractivity contribution < 1.29 is 0 Å². The Bertz CT molecular complexity index is 2730. The Balaban J connectivity index is 1.05. The molecule has 1 aliphatic carbocycles. The van der Waals surface area contributed by atoms with E-state index in [4.69, 9.17) is 4.98 Å². The number of aromatic nitrogens is 1. The summed E-state index contributed by atoms with van der Waals surface area (Å²) in [7, 11) is 0. The van der Waals surface area contributed by atoms with E-state index in [1.165, 1.54) is 66.4 Å². The van der Waals surface area contributed by atoms with E-state index in [0.29, 0.717) is 6.04 Å². The van der Waals surface area contributed by atoms with Crippen molar-refractivity contribution in [1.82, 2.24) is 9.88 Å². The maximum atomic E-state index is 5.22. The van der Waals surface area contributed by atoms with E-state index in [0.717, 1.165) is 23.2 Å². The second-order valence-corrected chi connectivity index (χ2v) is 14.3. The summed E-state index contributed by atoms with van der Waals surface area (Å²) in [4.78, 5) is 7.83. The first-order valence-corrected chi connectivity index (χ1v) is 18.8. The lowest BCUT2D eigenvalue weighted by molar-refractivity contribution is 0.258. The summed E-state index contributed by atoms with van der Waals surface area (Å²) in [5.41, 5.74) is 14.2. The number of nitrogens with zero attached hydrogens (tertiary/aromatic N) is 2. The minimum atomic E-state index is 0.182. The lowest BCUT2D eigenvalue weighted by Crippen LogP contribution is -2.41. The molecule has 256 valence electrons. The highest BCUT2D eigenvalue weighted by atomic mass is 15.2. The van der Waals surface area contributed by atoms with Gasteiger partial charge >= 0.3 is 0 Å². The molecule has 0 bridgehead atoms. The third kappa shape index (κ3) is 5.83. The third-order valence-corrected chi connectivity index (χ3v) is 11.0. The van der Waals surface area contributed by atoms with Crippen LogP contribution in [0, 0.1) is 0 Å². The first-order chi connectivity index (χ1) is 26.8. The Kier molecular flexibility index (Phi) is 8.07. The molecule has 0 fully saturated rings. The van der Waals surface area contributed by atoms with Crippen molar-refractivity contribution in [2.75, 3.05) is 0 Å². The average molecular weight is 691 g/mol. The first-order valence-electron chi connectivity index (χ1n) is 18.8. The van der Waals surface area contributed by atoms with E-state index in [9.17, 15) is 0 Å². The Hall–Kier alpha value is -6.77. The van der Waals surface area contributed by atoms with E-state index in [-0.39, 0.29) is 6.04 Å². The van der Waals surface area contributed by atoms with Gasteiger partial charge in [-0.15, -0.1) is 0 Å². The van der Waals surface area contributed by atoms with Gasteiger partial charge in [-0.2, -0.15) is 0 Å².